The molecule has 0 saturated heterocycles. The van der Waals surface area contributed by atoms with Gasteiger partial charge >= 0.3 is 0 Å². The van der Waals surface area contributed by atoms with Crippen molar-refractivity contribution >= 4 is 16.8 Å². The molecule has 1 amide bonds. The van der Waals surface area contributed by atoms with E-state index < -0.39 is 5.91 Å². The van der Waals surface area contributed by atoms with Gasteiger partial charge in [-0.2, -0.15) is 5.10 Å². The summed E-state index contributed by atoms with van der Waals surface area (Å²) in [5.41, 5.74) is 9.31. The van der Waals surface area contributed by atoms with Gasteiger partial charge in [0.25, 0.3) is 0 Å². The quantitative estimate of drug-likeness (QED) is 0.749. The van der Waals surface area contributed by atoms with Crippen LogP contribution in [0.1, 0.15) is 27.4 Å². The van der Waals surface area contributed by atoms with Crippen molar-refractivity contribution in [3.05, 3.63) is 63.2 Å². The van der Waals surface area contributed by atoms with E-state index in [0.717, 1.165) is 31.0 Å². The Morgan fingerprint density at radius 2 is 2.12 bits per heavy atom. The first kappa shape index (κ1) is 15.6. The third-order valence-corrected chi connectivity index (χ3v) is 4.56. The van der Waals surface area contributed by atoms with Crippen LogP contribution in [0.4, 0.5) is 0 Å². The number of benzene rings is 1. The molecule has 1 aliphatic heterocycles. The number of carbonyl (C=O) groups excluding carboxylic acids is 1. The highest BCUT2D eigenvalue weighted by atomic mass is 16.1. The lowest BCUT2D eigenvalue weighted by molar-refractivity contribution is 0.100. The number of amides is 1. The van der Waals surface area contributed by atoms with E-state index in [2.05, 4.69) is 21.0 Å². The lowest BCUT2D eigenvalue weighted by atomic mass is 10.1. The predicted octanol–water partition coefficient (Wildman–Crippen LogP) is 1.15. The molecule has 0 aliphatic carbocycles. The topological polar surface area (TPSA) is 97.0 Å². The summed E-state index contributed by atoms with van der Waals surface area (Å²) in [4.78, 5) is 29.3. The molecule has 7 nitrogen and oxygen atoms in total. The van der Waals surface area contributed by atoms with Crippen LogP contribution in [0.3, 0.4) is 0 Å². The summed E-state index contributed by atoms with van der Waals surface area (Å²) in [6.07, 6.45) is 0. The third kappa shape index (κ3) is 2.94. The number of nitrogens with two attached hydrogens (primary N) is 1. The van der Waals surface area contributed by atoms with Crippen molar-refractivity contribution in [3.8, 4) is 0 Å². The second-order valence-electron chi connectivity index (χ2n) is 6.49. The molecule has 128 valence electrons. The molecule has 25 heavy (non-hydrogen) atoms. The molecule has 0 saturated carbocycles. The molecule has 0 fully saturated rings. The van der Waals surface area contributed by atoms with E-state index >= 15 is 0 Å². The fourth-order valence-corrected chi connectivity index (χ4v) is 3.38. The van der Waals surface area contributed by atoms with Crippen molar-refractivity contribution in [2.24, 2.45) is 5.73 Å². The van der Waals surface area contributed by atoms with Crippen molar-refractivity contribution in [2.45, 2.75) is 26.6 Å². The van der Waals surface area contributed by atoms with Crippen LogP contribution in [0.2, 0.25) is 0 Å². The van der Waals surface area contributed by atoms with Crippen molar-refractivity contribution in [3.63, 3.8) is 0 Å². The Hall–Kier alpha value is -2.93. The number of fused-ring (bicyclic) bond motifs is 2. The van der Waals surface area contributed by atoms with Gasteiger partial charge < -0.3 is 10.7 Å². The first-order valence-electron chi connectivity index (χ1n) is 8.21. The number of hydrogen-bond acceptors (Lipinski definition) is 4. The number of primary amides is 1. The summed E-state index contributed by atoms with van der Waals surface area (Å²) in [6.45, 7) is 5.20. The van der Waals surface area contributed by atoms with Crippen LogP contribution < -0.4 is 11.2 Å². The second-order valence-corrected chi connectivity index (χ2v) is 6.49. The molecule has 0 bridgehead atoms. The van der Waals surface area contributed by atoms with Gasteiger partial charge in [0, 0.05) is 47.9 Å². The van der Waals surface area contributed by atoms with Gasteiger partial charge in [-0.15, -0.1) is 0 Å². The van der Waals surface area contributed by atoms with Gasteiger partial charge in [-0.1, -0.05) is 0 Å². The molecule has 7 heteroatoms. The summed E-state index contributed by atoms with van der Waals surface area (Å²) in [5, 5.41) is 4.94. The molecule has 3 heterocycles. The summed E-state index contributed by atoms with van der Waals surface area (Å²) >= 11 is 0. The molecule has 3 aromatic rings. The van der Waals surface area contributed by atoms with E-state index in [4.69, 9.17) is 5.73 Å². The molecular weight excluding hydrogens is 318 g/mol. The Morgan fingerprint density at radius 1 is 1.28 bits per heavy atom. The molecule has 0 spiro atoms. The van der Waals surface area contributed by atoms with Gasteiger partial charge in [0.2, 0.25) is 5.91 Å². The minimum absolute atomic E-state index is 0.107. The van der Waals surface area contributed by atoms with E-state index in [0.29, 0.717) is 23.0 Å². The first-order valence-corrected chi connectivity index (χ1v) is 8.21. The van der Waals surface area contributed by atoms with Gasteiger partial charge in [-0.25, -0.2) is 0 Å². The monoisotopic (exact) mass is 337 g/mol. The number of hydrogen-bond donors (Lipinski definition) is 2. The van der Waals surface area contributed by atoms with Crippen LogP contribution in [0.25, 0.3) is 10.9 Å². The second kappa shape index (κ2) is 5.86. The smallest absolute Gasteiger partial charge is 0.248 e. The molecule has 3 N–H and O–H groups in total. The highest BCUT2D eigenvalue weighted by Gasteiger charge is 2.18. The molecule has 0 unspecified atom stereocenters. The van der Waals surface area contributed by atoms with Crippen molar-refractivity contribution in [1.82, 2.24) is 19.7 Å². The standard InChI is InChI=1S/C18H19N5O2/c1-11-6-14-10-22(4-5-23(14)21-11)9-13-8-17(24)15-7-12(18(19)25)2-3-16(15)20-13/h2-3,6-8H,4-5,9-10H2,1H3,(H2,19,25)(H,20,24). The lowest BCUT2D eigenvalue weighted by Crippen LogP contribution is -2.33. The molecule has 1 aromatic carbocycles. The van der Waals surface area contributed by atoms with Gasteiger partial charge in [-0.3, -0.25) is 19.2 Å². The minimum Gasteiger partial charge on any atom is -0.366 e. The Morgan fingerprint density at radius 3 is 2.92 bits per heavy atom. The summed E-state index contributed by atoms with van der Waals surface area (Å²) in [7, 11) is 0. The molecular formula is C18H19N5O2. The van der Waals surface area contributed by atoms with Crippen LogP contribution in [0.15, 0.2) is 35.1 Å². The van der Waals surface area contributed by atoms with E-state index in [9.17, 15) is 9.59 Å². The van der Waals surface area contributed by atoms with Crippen molar-refractivity contribution < 1.29 is 4.79 Å². The van der Waals surface area contributed by atoms with Crippen molar-refractivity contribution in [1.29, 1.82) is 0 Å². The number of rotatable bonds is 3. The first-order chi connectivity index (χ1) is 12.0. The minimum atomic E-state index is -0.536. The molecule has 4 rings (SSSR count). The number of pyridine rings is 1. The van der Waals surface area contributed by atoms with E-state index in [-0.39, 0.29) is 5.43 Å². The zero-order chi connectivity index (χ0) is 17.6. The fourth-order valence-electron chi connectivity index (χ4n) is 3.38. The van der Waals surface area contributed by atoms with Gasteiger partial charge in [0.1, 0.15) is 0 Å². The lowest BCUT2D eigenvalue weighted by Gasteiger charge is -2.27. The largest absolute Gasteiger partial charge is 0.366 e. The van der Waals surface area contributed by atoms with Crippen molar-refractivity contribution in [2.75, 3.05) is 6.54 Å². The van der Waals surface area contributed by atoms with Crippen LogP contribution in [-0.2, 0) is 19.6 Å². The number of H-pyrrole nitrogens is 1. The number of aryl methyl sites for hydroxylation is 1. The maximum Gasteiger partial charge on any atom is 0.248 e. The molecule has 2 aromatic heterocycles. The average Bonchev–Trinajstić information content (AvgIpc) is 2.94. The summed E-state index contributed by atoms with van der Waals surface area (Å²) in [6, 6.07) is 8.61. The van der Waals surface area contributed by atoms with E-state index in [1.54, 1.807) is 24.3 Å². The summed E-state index contributed by atoms with van der Waals surface area (Å²) < 4.78 is 2.04. The average molecular weight is 337 g/mol. The highest BCUT2D eigenvalue weighted by Crippen LogP contribution is 2.16. The van der Waals surface area contributed by atoms with Gasteiger partial charge in [0.05, 0.1) is 17.9 Å². The van der Waals surface area contributed by atoms with Crippen LogP contribution in [0, 0.1) is 6.92 Å². The SMILES string of the molecule is Cc1cc2n(n1)CCN(Cc1cc(=O)c3cc(C(N)=O)ccc3[nH]1)C2. The molecule has 0 radical (unpaired) electrons. The normalized spacial score (nSPS) is 14.6. The number of aromatic nitrogens is 3. The van der Waals surface area contributed by atoms with Gasteiger partial charge in [0.15, 0.2) is 5.43 Å². The zero-order valence-electron chi connectivity index (χ0n) is 14.0. The maximum atomic E-state index is 12.4. The molecule has 1 aliphatic rings. The Balaban J connectivity index is 1.61. The van der Waals surface area contributed by atoms with Crippen LogP contribution >= 0.6 is 0 Å². The number of aromatic amines is 1. The number of nitrogens with one attached hydrogen (secondary N) is 1. The Labute approximate surface area is 144 Å². The Kier molecular flexibility index (Phi) is 3.65. The fraction of sp³-hybridized carbons (Fsp3) is 0.278. The predicted molar refractivity (Wildman–Crippen MR) is 94.2 cm³/mol. The highest BCUT2D eigenvalue weighted by molar-refractivity contribution is 5.96. The molecule has 0 atom stereocenters. The number of nitrogens with zero attached hydrogens (tertiary/aromatic N) is 3. The maximum absolute atomic E-state index is 12.4. The van der Waals surface area contributed by atoms with E-state index in [1.165, 1.54) is 5.69 Å². The van der Waals surface area contributed by atoms with Gasteiger partial charge in [-0.05, 0) is 31.2 Å². The van der Waals surface area contributed by atoms with Crippen LogP contribution in [-0.4, -0.2) is 32.1 Å². The van der Waals surface area contributed by atoms with E-state index in [1.807, 2.05) is 11.6 Å². The zero-order valence-corrected chi connectivity index (χ0v) is 14.0. The third-order valence-electron chi connectivity index (χ3n) is 4.56. The Bertz CT molecular complexity index is 1030. The van der Waals surface area contributed by atoms with Crippen LogP contribution in [0.5, 0.6) is 0 Å². The number of carbonyl (C=O) groups is 1. The summed E-state index contributed by atoms with van der Waals surface area (Å²) in [5.74, 6) is -0.536.